The number of thiophene rings is 1. The van der Waals surface area contributed by atoms with Crippen LogP contribution in [0.3, 0.4) is 0 Å². The maximum atomic E-state index is 5.70. The molecule has 0 saturated carbocycles. The summed E-state index contributed by atoms with van der Waals surface area (Å²) in [5, 5.41) is 5.67. The maximum Gasteiger partial charge on any atom is 0.142 e. The van der Waals surface area contributed by atoms with Gasteiger partial charge in [-0.05, 0) is 42.5 Å². The Hall–Kier alpha value is -3.03. The summed E-state index contributed by atoms with van der Waals surface area (Å²) < 4.78 is 2.12. The van der Waals surface area contributed by atoms with Gasteiger partial charge in [0, 0.05) is 17.8 Å². The highest BCUT2D eigenvalue weighted by Crippen LogP contribution is 2.36. The molecule has 0 radical (unpaired) electrons. The third kappa shape index (κ3) is 2.77. The molecule has 4 aromatic rings. The van der Waals surface area contributed by atoms with Crippen LogP contribution in [0.2, 0.25) is 0 Å². The number of nitrogens with one attached hydrogen (secondary N) is 1. The number of nitrogens with zero attached hydrogens (tertiary/aromatic N) is 2. The summed E-state index contributed by atoms with van der Waals surface area (Å²) in [5.41, 5.74) is 5.09. The maximum absolute atomic E-state index is 5.70. The van der Waals surface area contributed by atoms with Crippen molar-refractivity contribution < 1.29 is 0 Å². The van der Waals surface area contributed by atoms with Crippen molar-refractivity contribution >= 4 is 22.8 Å². The molecule has 128 valence electrons. The highest BCUT2D eigenvalue weighted by atomic mass is 32.1. The SMILES string of the molecule is C#Cc1ccsc1-c1nc2c(C)cccn2c1NC(C)c1ccccc1. The second-order valence-electron chi connectivity index (χ2n) is 6.28. The van der Waals surface area contributed by atoms with Gasteiger partial charge < -0.3 is 5.32 Å². The number of terminal acetylenes is 1. The zero-order valence-corrected chi connectivity index (χ0v) is 15.5. The van der Waals surface area contributed by atoms with Crippen LogP contribution in [-0.4, -0.2) is 9.38 Å². The quantitative estimate of drug-likeness (QED) is 0.487. The van der Waals surface area contributed by atoms with Gasteiger partial charge in [-0.15, -0.1) is 17.8 Å². The molecule has 1 atom stereocenters. The van der Waals surface area contributed by atoms with E-state index in [0.717, 1.165) is 33.2 Å². The minimum absolute atomic E-state index is 0.143. The Morgan fingerprint density at radius 3 is 2.73 bits per heavy atom. The lowest BCUT2D eigenvalue weighted by Gasteiger charge is -2.16. The zero-order chi connectivity index (χ0) is 18.1. The molecule has 0 aliphatic rings. The average molecular weight is 357 g/mol. The third-order valence-electron chi connectivity index (χ3n) is 4.53. The molecule has 3 aromatic heterocycles. The van der Waals surface area contributed by atoms with Crippen molar-refractivity contribution in [3.8, 4) is 22.9 Å². The summed E-state index contributed by atoms with van der Waals surface area (Å²) >= 11 is 1.63. The van der Waals surface area contributed by atoms with Gasteiger partial charge in [0.15, 0.2) is 0 Å². The van der Waals surface area contributed by atoms with Gasteiger partial charge in [0.05, 0.1) is 4.88 Å². The van der Waals surface area contributed by atoms with Gasteiger partial charge in [-0.1, -0.05) is 42.3 Å². The first-order chi connectivity index (χ1) is 12.7. The van der Waals surface area contributed by atoms with Crippen LogP contribution in [0.15, 0.2) is 60.1 Å². The van der Waals surface area contributed by atoms with E-state index in [0.29, 0.717) is 0 Å². The molecule has 1 unspecified atom stereocenters. The summed E-state index contributed by atoms with van der Waals surface area (Å²) in [6.07, 6.45) is 7.74. The molecule has 1 aromatic carbocycles. The van der Waals surface area contributed by atoms with Gasteiger partial charge in [-0.25, -0.2) is 4.98 Å². The summed E-state index contributed by atoms with van der Waals surface area (Å²) in [4.78, 5) is 5.95. The van der Waals surface area contributed by atoms with Gasteiger partial charge in [-0.2, -0.15) is 0 Å². The number of aryl methyl sites for hydroxylation is 1. The molecule has 0 bridgehead atoms. The molecule has 26 heavy (non-hydrogen) atoms. The monoisotopic (exact) mass is 357 g/mol. The molecule has 0 fully saturated rings. The van der Waals surface area contributed by atoms with Gasteiger partial charge in [-0.3, -0.25) is 4.40 Å². The molecule has 0 saturated heterocycles. The van der Waals surface area contributed by atoms with Gasteiger partial charge in [0.1, 0.15) is 17.2 Å². The Morgan fingerprint density at radius 1 is 1.15 bits per heavy atom. The molecular formula is C22H19N3S. The standard InChI is InChI=1S/C22H19N3S/c1-4-17-12-14-26-20(17)19-22(23-16(3)18-10-6-5-7-11-18)25-13-8-9-15(2)21(25)24-19/h1,5-14,16,23H,2-3H3. The second kappa shape index (κ2) is 6.70. The largest absolute Gasteiger partial charge is 0.363 e. The fraction of sp³-hybridized carbons (Fsp3) is 0.136. The highest BCUT2D eigenvalue weighted by molar-refractivity contribution is 7.13. The van der Waals surface area contributed by atoms with Crippen LogP contribution in [0.25, 0.3) is 16.2 Å². The van der Waals surface area contributed by atoms with E-state index in [-0.39, 0.29) is 6.04 Å². The number of hydrogen-bond donors (Lipinski definition) is 1. The van der Waals surface area contributed by atoms with Crippen molar-refractivity contribution in [1.29, 1.82) is 0 Å². The zero-order valence-electron chi connectivity index (χ0n) is 14.7. The summed E-state index contributed by atoms with van der Waals surface area (Å²) in [6, 6.07) is 16.6. The number of aromatic nitrogens is 2. The average Bonchev–Trinajstić information content (AvgIpc) is 3.28. The van der Waals surface area contributed by atoms with Crippen LogP contribution in [0.5, 0.6) is 0 Å². The number of hydrogen-bond acceptors (Lipinski definition) is 3. The number of fused-ring (bicyclic) bond motifs is 1. The molecule has 3 heterocycles. The van der Waals surface area contributed by atoms with E-state index in [4.69, 9.17) is 11.4 Å². The molecule has 4 rings (SSSR count). The smallest absolute Gasteiger partial charge is 0.142 e. The fourth-order valence-corrected chi connectivity index (χ4v) is 3.98. The number of benzene rings is 1. The lowest BCUT2D eigenvalue weighted by atomic mass is 10.1. The first-order valence-corrected chi connectivity index (χ1v) is 9.40. The van der Waals surface area contributed by atoms with Crippen molar-refractivity contribution in [2.24, 2.45) is 0 Å². The summed E-state index contributed by atoms with van der Waals surface area (Å²) in [6.45, 7) is 4.23. The van der Waals surface area contributed by atoms with Crippen LogP contribution >= 0.6 is 11.3 Å². The van der Waals surface area contributed by atoms with Crippen molar-refractivity contribution in [1.82, 2.24) is 9.38 Å². The van der Waals surface area contributed by atoms with E-state index in [2.05, 4.69) is 59.8 Å². The van der Waals surface area contributed by atoms with E-state index < -0.39 is 0 Å². The van der Waals surface area contributed by atoms with Gasteiger partial charge >= 0.3 is 0 Å². The minimum Gasteiger partial charge on any atom is -0.363 e. The number of pyridine rings is 1. The van der Waals surface area contributed by atoms with E-state index >= 15 is 0 Å². The van der Waals surface area contributed by atoms with Gasteiger partial charge in [0.25, 0.3) is 0 Å². The first kappa shape index (κ1) is 16.4. The molecule has 0 amide bonds. The second-order valence-corrected chi connectivity index (χ2v) is 7.19. The lowest BCUT2D eigenvalue weighted by molar-refractivity contribution is 0.871. The predicted molar refractivity (Wildman–Crippen MR) is 110 cm³/mol. The Morgan fingerprint density at radius 2 is 1.96 bits per heavy atom. The van der Waals surface area contributed by atoms with Crippen molar-refractivity contribution in [2.75, 3.05) is 5.32 Å². The van der Waals surface area contributed by atoms with Crippen LogP contribution in [0, 0.1) is 19.3 Å². The summed E-state index contributed by atoms with van der Waals surface area (Å²) in [7, 11) is 0. The molecule has 0 aliphatic carbocycles. The lowest BCUT2D eigenvalue weighted by Crippen LogP contribution is -2.09. The Kier molecular flexibility index (Phi) is 4.24. The third-order valence-corrected chi connectivity index (χ3v) is 5.45. The Bertz CT molecular complexity index is 1100. The van der Waals surface area contributed by atoms with E-state index in [1.54, 1.807) is 11.3 Å². The molecule has 1 N–H and O–H groups in total. The summed E-state index contributed by atoms with van der Waals surface area (Å²) in [5.74, 6) is 3.75. The Labute approximate surface area is 157 Å². The van der Waals surface area contributed by atoms with E-state index in [9.17, 15) is 0 Å². The van der Waals surface area contributed by atoms with Crippen LogP contribution in [0.4, 0.5) is 5.82 Å². The van der Waals surface area contributed by atoms with E-state index in [1.165, 1.54) is 5.56 Å². The fourth-order valence-electron chi connectivity index (χ4n) is 3.14. The van der Waals surface area contributed by atoms with Gasteiger partial charge in [0.2, 0.25) is 0 Å². The van der Waals surface area contributed by atoms with Crippen molar-refractivity contribution in [3.63, 3.8) is 0 Å². The van der Waals surface area contributed by atoms with Crippen LogP contribution in [-0.2, 0) is 0 Å². The molecular weight excluding hydrogens is 338 g/mol. The van der Waals surface area contributed by atoms with E-state index in [1.807, 2.05) is 29.8 Å². The number of anilines is 1. The predicted octanol–water partition coefficient (Wildman–Crippen LogP) is 5.53. The molecule has 3 nitrogen and oxygen atoms in total. The highest BCUT2D eigenvalue weighted by Gasteiger charge is 2.20. The number of imidazole rings is 1. The minimum atomic E-state index is 0.143. The van der Waals surface area contributed by atoms with Crippen molar-refractivity contribution in [3.05, 3.63) is 76.8 Å². The first-order valence-electron chi connectivity index (χ1n) is 8.52. The topological polar surface area (TPSA) is 29.3 Å². The molecule has 4 heteroatoms. The van der Waals surface area contributed by atoms with Crippen LogP contribution < -0.4 is 5.32 Å². The normalized spacial score (nSPS) is 12.0. The number of rotatable bonds is 4. The van der Waals surface area contributed by atoms with Crippen molar-refractivity contribution in [2.45, 2.75) is 19.9 Å². The van der Waals surface area contributed by atoms with Crippen LogP contribution in [0.1, 0.15) is 29.7 Å². The molecule has 0 spiro atoms. The molecule has 0 aliphatic heterocycles. The Balaban J connectivity index is 1.88.